The van der Waals surface area contributed by atoms with Crippen molar-refractivity contribution in [2.75, 3.05) is 7.11 Å². The minimum absolute atomic E-state index is 0.686. The molecule has 2 nitrogen and oxygen atoms in total. The van der Waals surface area contributed by atoms with Crippen LogP contribution >= 0.6 is 0 Å². The molecule has 2 N–H and O–H groups in total. The van der Waals surface area contributed by atoms with E-state index in [4.69, 9.17) is 10.5 Å². The molecular weight excluding hydrogens is 270 g/mol. The van der Waals surface area contributed by atoms with E-state index in [1.54, 1.807) is 7.11 Å². The Balaban J connectivity index is 2.18. The minimum Gasteiger partial charge on any atom is -0.497 e. The molecule has 0 atom stereocenters. The molecule has 3 aromatic carbocycles. The molecule has 0 radical (unpaired) electrons. The average molecular weight is 289 g/mol. The van der Waals surface area contributed by atoms with Crippen LogP contribution in [0.2, 0.25) is 0 Å². The first-order chi connectivity index (χ1) is 10.7. The van der Waals surface area contributed by atoms with Crippen LogP contribution in [0.3, 0.4) is 0 Å². The highest BCUT2D eigenvalue weighted by Crippen LogP contribution is 2.34. The topological polar surface area (TPSA) is 35.2 Å². The summed E-state index contributed by atoms with van der Waals surface area (Å²) >= 11 is 0. The van der Waals surface area contributed by atoms with E-state index in [1.165, 1.54) is 0 Å². The lowest BCUT2D eigenvalue weighted by Gasteiger charge is -2.31. The maximum Gasteiger partial charge on any atom is 0.118 e. The molecule has 0 heterocycles. The number of methoxy groups -OCH3 is 1. The van der Waals surface area contributed by atoms with E-state index < -0.39 is 5.54 Å². The first-order valence-corrected chi connectivity index (χ1v) is 7.29. The van der Waals surface area contributed by atoms with Gasteiger partial charge in [0, 0.05) is 0 Å². The molecule has 0 aliphatic rings. The third-order valence-corrected chi connectivity index (χ3v) is 4.00. The summed E-state index contributed by atoms with van der Waals surface area (Å²) in [4.78, 5) is 0. The van der Waals surface area contributed by atoms with Crippen molar-refractivity contribution in [3.05, 3.63) is 102 Å². The summed E-state index contributed by atoms with van der Waals surface area (Å²) in [5.41, 5.74) is 9.38. The summed E-state index contributed by atoms with van der Waals surface area (Å²) in [6.45, 7) is 0. The van der Waals surface area contributed by atoms with Gasteiger partial charge in [-0.1, -0.05) is 72.8 Å². The minimum atomic E-state index is -0.686. The number of ether oxygens (including phenoxy) is 1. The lowest BCUT2D eigenvalue weighted by atomic mass is 9.78. The van der Waals surface area contributed by atoms with E-state index >= 15 is 0 Å². The van der Waals surface area contributed by atoms with Gasteiger partial charge in [-0.05, 0) is 28.8 Å². The zero-order valence-corrected chi connectivity index (χ0v) is 12.6. The molecule has 3 aromatic rings. The fourth-order valence-corrected chi connectivity index (χ4v) is 2.76. The van der Waals surface area contributed by atoms with Gasteiger partial charge >= 0.3 is 0 Å². The van der Waals surface area contributed by atoms with Gasteiger partial charge in [0.2, 0.25) is 0 Å². The van der Waals surface area contributed by atoms with Crippen molar-refractivity contribution >= 4 is 0 Å². The smallest absolute Gasteiger partial charge is 0.118 e. The Labute approximate surface area is 131 Å². The molecule has 0 bridgehead atoms. The van der Waals surface area contributed by atoms with Gasteiger partial charge in [-0.15, -0.1) is 0 Å². The van der Waals surface area contributed by atoms with Crippen LogP contribution in [0.5, 0.6) is 5.75 Å². The van der Waals surface area contributed by atoms with Crippen LogP contribution in [0.15, 0.2) is 84.9 Å². The first kappa shape index (κ1) is 14.4. The van der Waals surface area contributed by atoms with E-state index in [0.717, 1.165) is 22.4 Å². The molecular formula is C20H19NO. The fourth-order valence-electron chi connectivity index (χ4n) is 2.76. The Bertz CT molecular complexity index is 681. The lowest BCUT2D eigenvalue weighted by Crippen LogP contribution is -2.39. The second-order valence-corrected chi connectivity index (χ2v) is 5.27. The highest BCUT2D eigenvalue weighted by molar-refractivity contribution is 5.49. The van der Waals surface area contributed by atoms with Gasteiger partial charge in [-0.25, -0.2) is 0 Å². The third-order valence-electron chi connectivity index (χ3n) is 4.00. The van der Waals surface area contributed by atoms with Crippen LogP contribution < -0.4 is 10.5 Å². The molecule has 2 heteroatoms. The third kappa shape index (κ3) is 2.49. The molecule has 110 valence electrons. The molecule has 3 rings (SSSR count). The molecule has 0 aliphatic heterocycles. The average Bonchev–Trinajstić information content (AvgIpc) is 2.62. The first-order valence-electron chi connectivity index (χ1n) is 7.29. The van der Waals surface area contributed by atoms with Crippen LogP contribution in [0.4, 0.5) is 0 Å². The molecule has 0 amide bonds. The van der Waals surface area contributed by atoms with Gasteiger partial charge in [0.05, 0.1) is 12.6 Å². The zero-order valence-electron chi connectivity index (χ0n) is 12.6. The van der Waals surface area contributed by atoms with Crippen molar-refractivity contribution in [3.63, 3.8) is 0 Å². The van der Waals surface area contributed by atoms with Crippen molar-refractivity contribution in [1.29, 1.82) is 0 Å². The van der Waals surface area contributed by atoms with E-state index in [9.17, 15) is 0 Å². The van der Waals surface area contributed by atoms with Crippen LogP contribution in [-0.4, -0.2) is 7.11 Å². The Hall–Kier alpha value is -2.58. The SMILES string of the molecule is COc1ccc(C(N)(c2ccccc2)c2ccccc2)cc1. The highest BCUT2D eigenvalue weighted by Gasteiger charge is 2.31. The summed E-state index contributed by atoms with van der Waals surface area (Å²) in [6, 6.07) is 28.3. The van der Waals surface area contributed by atoms with Crippen molar-refractivity contribution in [1.82, 2.24) is 0 Å². The van der Waals surface area contributed by atoms with Crippen LogP contribution in [0.1, 0.15) is 16.7 Å². The zero-order chi connectivity index (χ0) is 15.4. The van der Waals surface area contributed by atoms with Gasteiger partial charge in [0.1, 0.15) is 5.75 Å². The molecule has 0 fully saturated rings. The van der Waals surface area contributed by atoms with E-state index in [2.05, 4.69) is 24.3 Å². The maximum absolute atomic E-state index is 6.91. The number of rotatable bonds is 4. The predicted molar refractivity (Wildman–Crippen MR) is 89.9 cm³/mol. The molecule has 0 saturated heterocycles. The lowest BCUT2D eigenvalue weighted by molar-refractivity contribution is 0.414. The van der Waals surface area contributed by atoms with Gasteiger partial charge < -0.3 is 10.5 Å². The monoisotopic (exact) mass is 289 g/mol. The summed E-state index contributed by atoms with van der Waals surface area (Å²) in [5, 5.41) is 0. The number of nitrogens with two attached hydrogens (primary N) is 1. The summed E-state index contributed by atoms with van der Waals surface area (Å²) in [7, 11) is 1.67. The second kappa shape index (κ2) is 6.04. The molecule has 0 unspecified atom stereocenters. The number of benzene rings is 3. The molecule has 0 aliphatic carbocycles. The number of hydrogen-bond acceptors (Lipinski definition) is 2. The van der Waals surface area contributed by atoms with E-state index in [0.29, 0.717) is 0 Å². The Morgan fingerprint density at radius 1 is 0.636 bits per heavy atom. The van der Waals surface area contributed by atoms with Gasteiger partial charge in [0.25, 0.3) is 0 Å². The highest BCUT2D eigenvalue weighted by atomic mass is 16.5. The second-order valence-electron chi connectivity index (χ2n) is 5.27. The standard InChI is InChI=1S/C20H19NO/c1-22-19-14-12-18(13-15-19)20(21,16-8-4-2-5-9-16)17-10-6-3-7-11-17/h2-15H,21H2,1H3. The Kier molecular flexibility index (Phi) is 3.94. The summed E-state index contributed by atoms with van der Waals surface area (Å²) < 4.78 is 5.25. The largest absolute Gasteiger partial charge is 0.497 e. The van der Waals surface area contributed by atoms with Crippen molar-refractivity contribution in [2.45, 2.75) is 5.54 Å². The van der Waals surface area contributed by atoms with Gasteiger partial charge in [-0.3, -0.25) is 0 Å². The normalized spacial score (nSPS) is 11.2. The Morgan fingerprint density at radius 3 is 1.45 bits per heavy atom. The summed E-state index contributed by atoms with van der Waals surface area (Å²) in [6.07, 6.45) is 0. The fraction of sp³-hybridized carbons (Fsp3) is 0.100. The molecule has 0 saturated carbocycles. The van der Waals surface area contributed by atoms with Crippen LogP contribution in [-0.2, 0) is 5.54 Å². The predicted octanol–water partition coefficient (Wildman–Crippen LogP) is 3.95. The van der Waals surface area contributed by atoms with Gasteiger partial charge in [0.15, 0.2) is 0 Å². The molecule has 0 spiro atoms. The molecule has 22 heavy (non-hydrogen) atoms. The van der Waals surface area contributed by atoms with Crippen molar-refractivity contribution < 1.29 is 4.74 Å². The maximum atomic E-state index is 6.91. The van der Waals surface area contributed by atoms with Gasteiger partial charge in [-0.2, -0.15) is 0 Å². The molecule has 0 aromatic heterocycles. The van der Waals surface area contributed by atoms with Crippen LogP contribution in [0, 0.1) is 0 Å². The van der Waals surface area contributed by atoms with Crippen molar-refractivity contribution in [2.24, 2.45) is 5.73 Å². The Morgan fingerprint density at radius 2 is 1.05 bits per heavy atom. The summed E-state index contributed by atoms with van der Waals surface area (Å²) in [5.74, 6) is 0.826. The number of hydrogen-bond donors (Lipinski definition) is 1. The van der Waals surface area contributed by atoms with E-state index in [1.807, 2.05) is 60.7 Å². The van der Waals surface area contributed by atoms with Crippen LogP contribution in [0.25, 0.3) is 0 Å². The quantitative estimate of drug-likeness (QED) is 0.738. The van der Waals surface area contributed by atoms with E-state index in [-0.39, 0.29) is 0 Å². The van der Waals surface area contributed by atoms with Crippen molar-refractivity contribution in [3.8, 4) is 5.75 Å².